The third kappa shape index (κ3) is 4.40. The van der Waals surface area contributed by atoms with Gasteiger partial charge in [0, 0.05) is 32.1 Å². The van der Waals surface area contributed by atoms with Gasteiger partial charge in [0.25, 0.3) is 5.91 Å². The zero-order valence-electron chi connectivity index (χ0n) is 18.4. The molecule has 0 spiro atoms. The van der Waals surface area contributed by atoms with E-state index in [4.69, 9.17) is 9.47 Å². The van der Waals surface area contributed by atoms with Crippen LogP contribution in [0.5, 0.6) is 11.5 Å². The van der Waals surface area contributed by atoms with Gasteiger partial charge in [0.15, 0.2) is 16.7 Å². The molecule has 2 aliphatic heterocycles. The number of carbonyl (C=O) groups is 1. The van der Waals surface area contributed by atoms with Crippen molar-refractivity contribution in [1.29, 1.82) is 0 Å². The number of likely N-dealkylation sites (N-methyl/N-ethyl adjacent to an activating group) is 1. The van der Waals surface area contributed by atoms with Crippen LogP contribution >= 0.6 is 11.8 Å². The van der Waals surface area contributed by atoms with Crippen molar-refractivity contribution in [2.75, 3.05) is 40.3 Å². The number of benzene rings is 2. The number of piperazine rings is 1. The molecule has 0 N–H and O–H groups in total. The predicted octanol–water partition coefficient (Wildman–Crippen LogP) is 3.89. The SMILES string of the molecule is COc1cc(C2CC2=C2SC(N3CCN(C)CC3)=NC2=O)ccc1OCc1ccccc1. The van der Waals surface area contributed by atoms with Crippen LogP contribution in [-0.4, -0.2) is 61.2 Å². The number of rotatable bonds is 5. The molecule has 0 aromatic heterocycles. The molecule has 0 bridgehead atoms. The van der Waals surface area contributed by atoms with E-state index in [1.54, 1.807) is 18.9 Å². The van der Waals surface area contributed by atoms with Gasteiger partial charge in [-0.15, -0.1) is 0 Å². The van der Waals surface area contributed by atoms with Gasteiger partial charge in [0.2, 0.25) is 0 Å². The molecule has 1 unspecified atom stereocenters. The minimum Gasteiger partial charge on any atom is -0.493 e. The van der Waals surface area contributed by atoms with Gasteiger partial charge in [-0.3, -0.25) is 4.79 Å². The van der Waals surface area contributed by atoms with Crippen LogP contribution in [0.25, 0.3) is 0 Å². The van der Waals surface area contributed by atoms with Crippen LogP contribution < -0.4 is 9.47 Å². The maximum atomic E-state index is 12.6. The molecule has 1 saturated carbocycles. The normalized spacial score (nSPS) is 23.3. The number of nitrogens with zero attached hydrogens (tertiary/aromatic N) is 3. The Kier molecular flexibility index (Phi) is 5.93. The molecule has 1 saturated heterocycles. The number of hydrogen-bond donors (Lipinski definition) is 0. The van der Waals surface area contributed by atoms with Crippen molar-refractivity contribution in [2.45, 2.75) is 18.9 Å². The number of hydrogen-bond acceptors (Lipinski definition) is 6. The Labute approximate surface area is 192 Å². The number of allylic oxidation sites excluding steroid dienone is 1. The lowest BCUT2D eigenvalue weighted by molar-refractivity contribution is -0.113. The third-order valence-electron chi connectivity index (χ3n) is 6.16. The summed E-state index contributed by atoms with van der Waals surface area (Å²) in [6.45, 7) is 4.33. The second-order valence-electron chi connectivity index (χ2n) is 8.39. The second-order valence-corrected chi connectivity index (χ2v) is 9.37. The third-order valence-corrected chi connectivity index (χ3v) is 7.33. The van der Waals surface area contributed by atoms with Gasteiger partial charge in [0.1, 0.15) is 6.61 Å². The zero-order chi connectivity index (χ0) is 22.1. The highest BCUT2D eigenvalue weighted by Gasteiger charge is 2.40. The van der Waals surface area contributed by atoms with Crippen molar-refractivity contribution in [3.05, 3.63) is 70.1 Å². The number of aliphatic imine (C=N–C) groups is 1. The van der Waals surface area contributed by atoms with Crippen molar-refractivity contribution >= 4 is 22.8 Å². The first-order valence-electron chi connectivity index (χ1n) is 10.9. The summed E-state index contributed by atoms with van der Waals surface area (Å²) in [5.74, 6) is 1.60. The predicted molar refractivity (Wildman–Crippen MR) is 127 cm³/mol. The largest absolute Gasteiger partial charge is 0.493 e. The Morgan fingerprint density at radius 3 is 2.59 bits per heavy atom. The molecule has 7 heteroatoms. The van der Waals surface area contributed by atoms with Gasteiger partial charge in [-0.2, -0.15) is 4.99 Å². The lowest BCUT2D eigenvalue weighted by Crippen LogP contribution is -2.46. The number of amides is 1. The summed E-state index contributed by atoms with van der Waals surface area (Å²) in [4.78, 5) is 22.3. The molecular formula is C25H27N3O3S. The molecule has 6 nitrogen and oxygen atoms in total. The smallest absolute Gasteiger partial charge is 0.286 e. The van der Waals surface area contributed by atoms with Crippen molar-refractivity contribution in [1.82, 2.24) is 9.80 Å². The summed E-state index contributed by atoms with van der Waals surface area (Å²) in [5.41, 5.74) is 3.45. The monoisotopic (exact) mass is 449 g/mol. The number of thioether (sulfide) groups is 1. The van der Waals surface area contributed by atoms with Crippen molar-refractivity contribution in [2.24, 2.45) is 4.99 Å². The summed E-state index contributed by atoms with van der Waals surface area (Å²) in [5, 5.41) is 0.860. The fourth-order valence-corrected chi connectivity index (χ4v) is 5.23. The molecule has 5 rings (SSSR count). The molecule has 0 radical (unpaired) electrons. The number of ether oxygens (including phenoxy) is 2. The van der Waals surface area contributed by atoms with Crippen LogP contribution in [0.3, 0.4) is 0 Å². The van der Waals surface area contributed by atoms with Gasteiger partial charge >= 0.3 is 0 Å². The van der Waals surface area contributed by atoms with E-state index in [0.29, 0.717) is 6.61 Å². The first-order chi connectivity index (χ1) is 15.6. The van der Waals surface area contributed by atoms with E-state index in [2.05, 4.69) is 27.9 Å². The van der Waals surface area contributed by atoms with Crippen LogP contribution in [0, 0.1) is 0 Å². The summed E-state index contributed by atoms with van der Waals surface area (Å²) < 4.78 is 11.6. The van der Waals surface area contributed by atoms with Gasteiger partial charge < -0.3 is 19.3 Å². The summed E-state index contributed by atoms with van der Waals surface area (Å²) >= 11 is 1.55. The molecule has 2 heterocycles. The molecular weight excluding hydrogens is 422 g/mol. The first-order valence-corrected chi connectivity index (χ1v) is 11.8. The Morgan fingerprint density at radius 2 is 1.84 bits per heavy atom. The minimum atomic E-state index is -0.0868. The Hall–Kier alpha value is -2.77. The van der Waals surface area contributed by atoms with Gasteiger partial charge in [-0.05, 0) is 54.1 Å². The summed E-state index contributed by atoms with van der Waals surface area (Å²) in [6.07, 6.45) is 0.896. The fourth-order valence-electron chi connectivity index (χ4n) is 4.12. The number of methoxy groups -OCH3 is 1. The topological polar surface area (TPSA) is 54.4 Å². The average molecular weight is 450 g/mol. The molecule has 2 aromatic carbocycles. The van der Waals surface area contributed by atoms with E-state index in [-0.39, 0.29) is 11.8 Å². The van der Waals surface area contributed by atoms with Crippen molar-refractivity contribution in [3.63, 3.8) is 0 Å². The molecule has 2 fully saturated rings. The maximum absolute atomic E-state index is 12.6. The van der Waals surface area contributed by atoms with Crippen LogP contribution in [0.4, 0.5) is 0 Å². The molecule has 1 atom stereocenters. The van der Waals surface area contributed by atoms with E-state index < -0.39 is 0 Å². The molecule has 32 heavy (non-hydrogen) atoms. The molecule has 2 aromatic rings. The second kappa shape index (κ2) is 9.00. The highest BCUT2D eigenvalue weighted by molar-refractivity contribution is 8.18. The number of carbonyl (C=O) groups excluding carboxylic acids is 1. The molecule has 166 valence electrons. The lowest BCUT2D eigenvalue weighted by atomic mass is 10.1. The van der Waals surface area contributed by atoms with E-state index in [0.717, 1.165) is 65.3 Å². The lowest BCUT2D eigenvalue weighted by Gasteiger charge is -2.32. The van der Waals surface area contributed by atoms with E-state index in [9.17, 15) is 4.79 Å². The van der Waals surface area contributed by atoms with Gasteiger partial charge in [-0.1, -0.05) is 36.4 Å². The van der Waals surface area contributed by atoms with Crippen LogP contribution in [0.2, 0.25) is 0 Å². The highest BCUT2D eigenvalue weighted by atomic mass is 32.2. The highest BCUT2D eigenvalue weighted by Crippen LogP contribution is 2.53. The first kappa shape index (κ1) is 21.1. The van der Waals surface area contributed by atoms with Crippen LogP contribution in [0.1, 0.15) is 23.5 Å². The summed E-state index contributed by atoms with van der Waals surface area (Å²) in [6, 6.07) is 16.2. The Morgan fingerprint density at radius 1 is 1.06 bits per heavy atom. The quantitative estimate of drug-likeness (QED) is 0.646. The van der Waals surface area contributed by atoms with E-state index in [1.807, 2.05) is 42.5 Å². The average Bonchev–Trinajstić information content (AvgIpc) is 3.53. The molecule has 1 aliphatic carbocycles. The maximum Gasteiger partial charge on any atom is 0.286 e. The molecule has 1 amide bonds. The van der Waals surface area contributed by atoms with E-state index >= 15 is 0 Å². The summed E-state index contributed by atoms with van der Waals surface area (Å²) in [7, 11) is 3.79. The van der Waals surface area contributed by atoms with Crippen molar-refractivity contribution < 1.29 is 14.3 Å². The Balaban J connectivity index is 1.26. The number of amidine groups is 1. The standard InChI is InChI=1S/C25H27N3O3S/c1-27-10-12-28(13-11-27)25-26-24(29)23(32-25)20-15-19(20)18-8-9-21(22(14-18)30-2)31-16-17-6-4-3-5-7-17/h3-9,14,19H,10-13,15-16H2,1-2H3. The van der Waals surface area contributed by atoms with Gasteiger partial charge in [0.05, 0.1) is 12.0 Å². The van der Waals surface area contributed by atoms with Gasteiger partial charge in [-0.25, -0.2) is 0 Å². The van der Waals surface area contributed by atoms with Crippen molar-refractivity contribution in [3.8, 4) is 11.5 Å². The zero-order valence-corrected chi connectivity index (χ0v) is 19.2. The minimum absolute atomic E-state index is 0.0868. The fraction of sp³-hybridized carbons (Fsp3) is 0.360. The van der Waals surface area contributed by atoms with Crippen LogP contribution in [-0.2, 0) is 11.4 Å². The van der Waals surface area contributed by atoms with E-state index in [1.165, 1.54) is 5.57 Å². The molecule has 3 aliphatic rings. The Bertz CT molecular complexity index is 1080. The van der Waals surface area contributed by atoms with Crippen LogP contribution in [0.15, 0.2) is 64.0 Å².